The molecule has 0 saturated carbocycles. The predicted octanol–water partition coefficient (Wildman–Crippen LogP) is 4.30. The van der Waals surface area contributed by atoms with Crippen LogP contribution in [0.4, 0.5) is 24.5 Å². The number of para-hydroxylation sites is 1. The molecular weight excluding hydrogens is 505 g/mol. The number of benzene rings is 2. The average Bonchev–Trinajstić information content (AvgIpc) is 2.89. The molecule has 4 N–H and O–H groups in total. The Morgan fingerprint density at radius 3 is 2.45 bits per heavy atom. The van der Waals surface area contributed by atoms with E-state index in [1.165, 1.54) is 5.56 Å². The van der Waals surface area contributed by atoms with Crippen LogP contribution in [0.2, 0.25) is 0 Å². The Hall–Kier alpha value is -4.03. The van der Waals surface area contributed by atoms with Crippen molar-refractivity contribution in [2.24, 2.45) is 5.73 Å². The second kappa shape index (κ2) is 13.0. The first kappa shape index (κ1) is 28.5. The number of rotatable bonds is 8. The van der Waals surface area contributed by atoms with Gasteiger partial charge in [0, 0.05) is 30.9 Å². The molecule has 0 fully saturated rings. The number of nitrogens with one attached hydrogen (secondary N) is 1. The number of carboxylic acid groups (broad SMARTS) is 1. The summed E-state index contributed by atoms with van der Waals surface area (Å²) in [5.41, 5.74) is 10.3. The number of alkyl halides is 3. The summed E-state index contributed by atoms with van der Waals surface area (Å²) in [6.45, 7) is 3.47. The van der Waals surface area contributed by atoms with Gasteiger partial charge in [0.1, 0.15) is 18.9 Å². The molecule has 2 heterocycles. The van der Waals surface area contributed by atoms with Gasteiger partial charge in [0.25, 0.3) is 0 Å². The maximum atomic E-state index is 10.6. The normalized spacial score (nSPS) is 12.4. The van der Waals surface area contributed by atoms with Gasteiger partial charge in [-0.05, 0) is 49.0 Å². The molecule has 0 saturated heterocycles. The highest BCUT2D eigenvalue weighted by molar-refractivity contribution is 5.75. The number of halogens is 3. The van der Waals surface area contributed by atoms with Gasteiger partial charge in [-0.1, -0.05) is 18.2 Å². The minimum Gasteiger partial charge on any atom is -0.486 e. The van der Waals surface area contributed by atoms with E-state index in [0.717, 1.165) is 47.2 Å². The number of hydrogen-bond donors (Lipinski definition) is 3. The maximum Gasteiger partial charge on any atom is 0.490 e. The molecule has 1 aliphatic heterocycles. The molecule has 0 aliphatic carbocycles. The standard InChI is InChI=1S/C24H28N4O3.C2HF3O2/c1-28(13-12-25)16-17-6-8-18(9-7-17)26-21-11-10-20(27-24(21)29-2)19-4-3-5-22-23(19)31-15-14-30-22;3-2(4,5)1(6)7/h3-11,26H,12-16,25H2,1-2H3;(H,6,7). The molecule has 0 atom stereocenters. The smallest absolute Gasteiger partial charge is 0.486 e. The molecule has 1 aromatic heterocycles. The van der Waals surface area contributed by atoms with E-state index in [1.807, 2.05) is 30.3 Å². The Morgan fingerprint density at radius 1 is 1.13 bits per heavy atom. The second-order valence-electron chi connectivity index (χ2n) is 8.23. The van der Waals surface area contributed by atoms with Gasteiger partial charge in [-0.25, -0.2) is 9.78 Å². The third-order valence-corrected chi connectivity index (χ3v) is 5.33. The molecule has 0 amide bonds. The van der Waals surface area contributed by atoms with Crippen LogP contribution < -0.4 is 25.3 Å². The summed E-state index contributed by atoms with van der Waals surface area (Å²) in [5.74, 6) is -0.783. The van der Waals surface area contributed by atoms with Crippen molar-refractivity contribution in [3.63, 3.8) is 0 Å². The fourth-order valence-corrected chi connectivity index (χ4v) is 3.58. The summed E-state index contributed by atoms with van der Waals surface area (Å²) in [5, 5.41) is 10.5. The van der Waals surface area contributed by atoms with Crippen molar-refractivity contribution in [3.05, 3.63) is 60.2 Å². The van der Waals surface area contributed by atoms with Crippen LogP contribution in [-0.4, -0.2) is 67.6 Å². The summed E-state index contributed by atoms with van der Waals surface area (Å²) in [6, 6.07) is 18.1. The van der Waals surface area contributed by atoms with Crippen LogP contribution in [0.25, 0.3) is 11.3 Å². The highest BCUT2D eigenvalue weighted by Gasteiger charge is 2.38. The molecule has 12 heteroatoms. The number of fused-ring (bicyclic) bond motifs is 1. The monoisotopic (exact) mass is 534 g/mol. The van der Waals surface area contributed by atoms with Gasteiger partial charge in [0.2, 0.25) is 5.88 Å². The van der Waals surface area contributed by atoms with Gasteiger partial charge >= 0.3 is 12.1 Å². The summed E-state index contributed by atoms with van der Waals surface area (Å²) >= 11 is 0. The molecule has 38 heavy (non-hydrogen) atoms. The van der Waals surface area contributed by atoms with E-state index in [1.54, 1.807) is 7.11 Å². The molecule has 9 nitrogen and oxygen atoms in total. The van der Waals surface area contributed by atoms with E-state index in [0.29, 0.717) is 25.6 Å². The molecule has 0 bridgehead atoms. The first-order valence-electron chi connectivity index (χ1n) is 11.6. The molecule has 0 radical (unpaired) electrons. The molecule has 4 rings (SSSR count). The van der Waals surface area contributed by atoms with Crippen molar-refractivity contribution in [2.45, 2.75) is 12.7 Å². The van der Waals surface area contributed by atoms with E-state index >= 15 is 0 Å². The number of methoxy groups -OCH3 is 1. The minimum atomic E-state index is -5.08. The quantitative estimate of drug-likeness (QED) is 0.389. The van der Waals surface area contributed by atoms with E-state index in [9.17, 15) is 13.2 Å². The first-order valence-corrected chi connectivity index (χ1v) is 11.6. The summed E-state index contributed by atoms with van der Waals surface area (Å²) in [4.78, 5) is 15.8. The molecule has 3 aromatic rings. The van der Waals surface area contributed by atoms with E-state index in [4.69, 9.17) is 34.8 Å². The van der Waals surface area contributed by atoms with Crippen molar-refractivity contribution >= 4 is 17.3 Å². The Bertz CT molecular complexity index is 1220. The number of aliphatic carboxylic acids is 1. The van der Waals surface area contributed by atoms with Crippen molar-refractivity contribution < 1.29 is 37.3 Å². The minimum absolute atomic E-state index is 0.513. The van der Waals surface area contributed by atoms with Crippen molar-refractivity contribution in [2.75, 3.05) is 45.8 Å². The van der Waals surface area contributed by atoms with Crippen molar-refractivity contribution in [1.29, 1.82) is 0 Å². The van der Waals surface area contributed by atoms with Gasteiger partial charge in [0.15, 0.2) is 11.5 Å². The molecule has 1 aliphatic rings. The Balaban J connectivity index is 0.000000505. The van der Waals surface area contributed by atoms with Crippen molar-refractivity contribution in [1.82, 2.24) is 9.88 Å². The fraction of sp³-hybridized carbons (Fsp3) is 0.308. The summed E-state index contributed by atoms with van der Waals surface area (Å²) in [6.07, 6.45) is -5.08. The molecule has 204 valence electrons. The lowest BCUT2D eigenvalue weighted by Gasteiger charge is -2.21. The number of ether oxygens (including phenoxy) is 3. The number of nitrogens with two attached hydrogens (primary N) is 1. The van der Waals surface area contributed by atoms with Crippen LogP contribution >= 0.6 is 0 Å². The SMILES string of the molecule is COc1nc(-c2cccc3c2OCCO3)ccc1Nc1ccc(CN(C)CCN)cc1.O=C(O)C(F)(F)F. The molecule has 2 aromatic carbocycles. The molecule has 0 unspecified atom stereocenters. The van der Waals surface area contributed by atoms with Crippen LogP contribution in [0.5, 0.6) is 17.4 Å². The largest absolute Gasteiger partial charge is 0.490 e. The van der Waals surface area contributed by atoms with Gasteiger partial charge < -0.3 is 35.3 Å². The maximum absolute atomic E-state index is 10.6. The highest BCUT2D eigenvalue weighted by atomic mass is 19.4. The van der Waals surface area contributed by atoms with Crippen molar-refractivity contribution in [3.8, 4) is 28.6 Å². The van der Waals surface area contributed by atoms with Crippen LogP contribution in [0.15, 0.2) is 54.6 Å². The lowest BCUT2D eigenvalue weighted by molar-refractivity contribution is -0.192. The van der Waals surface area contributed by atoms with Gasteiger partial charge in [-0.15, -0.1) is 0 Å². The lowest BCUT2D eigenvalue weighted by atomic mass is 10.1. The molecular formula is C26H29F3N4O5. The fourth-order valence-electron chi connectivity index (χ4n) is 3.58. The van der Waals surface area contributed by atoms with Gasteiger partial charge in [-0.3, -0.25) is 0 Å². The first-order chi connectivity index (χ1) is 18.1. The van der Waals surface area contributed by atoms with Crippen LogP contribution in [0, 0.1) is 0 Å². The zero-order valence-corrected chi connectivity index (χ0v) is 20.9. The van der Waals surface area contributed by atoms with Gasteiger partial charge in [0.05, 0.1) is 12.8 Å². The van der Waals surface area contributed by atoms with Crippen LogP contribution in [0.1, 0.15) is 5.56 Å². The third-order valence-electron chi connectivity index (χ3n) is 5.33. The summed E-state index contributed by atoms with van der Waals surface area (Å²) in [7, 11) is 3.69. The third kappa shape index (κ3) is 7.73. The Morgan fingerprint density at radius 2 is 1.82 bits per heavy atom. The van der Waals surface area contributed by atoms with Crippen LogP contribution in [0.3, 0.4) is 0 Å². The number of anilines is 2. The topological polar surface area (TPSA) is 119 Å². The zero-order chi connectivity index (χ0) is 27.7. The number of carboxylic acids is 1. The van der Waals surface area contributed by atoms with Crippen LogP contribution in [-0.2, 0) is 11.3 Å². The number of pyridine rings is 1. The number of carbonyl (C=O) groups is 1. The highest BCUT2D eigenvalue weighted by Crippen LogP contribution is 2.40. The number of likely N-dealkylation sites (N-methyl/N-ethyl adjacent to an activating group) is 1. The number of aromatic nitrogens is 1. The number of nitrogens with zero attached hydrogens (tertiary/aromatic N) is 2. The summed E-state index contributed by atoms with van der Waals surface area (Å²) < 4.78 is 48.8. The number of hydrogen-bond acceptors (Lipinski definition) is 8. The predicted molar refractivity (Wildman–Crippen MR) is 136 cm³/mol. The average molecular weight is 535 g/mol. The Kier molecular flexibility index (Phi) is 9.74. The van der Waals surface area contributed by atoms with E-state index in [2.05, 4.69) is 41.5 Å². The Labute approximate surface area is 217 Å². The van der Waals surface area contributed by atoms with Gasteiger partial charge in [-0.2, -0.15) is 13.2 Å². The lowest BCUT2D eigenvalue weighted by Crippen LogP contribution is -2.24. The van der Waals surface area contributed by atoms with E-state index < -0.39 is 12.1 Å². The molecule has 0 spiro atoms. The second-order valence-corrected chi connectivity index (χ2v) is 8.23. The zero-order valence-electron chi connectivity index (χ0n) is 20.9. The van der Waals surface area contributed by atoms with E-state index in [-0.39, 0.29) is 0 Å².